The summed E-state index contributed by atoms with van der Waals surface area (Å²) in [6.07, 6.45) is 1.05. The number of carbonyl (C=O) groups excluding carboxylic acids is 1. The average Bonchev–Trinajstić information content (AvgIpc) is 2.64. The molecule has 8 nitrogen and oxygen atoms in total. The Kier molecular flexibility index (Phi) is 5.90. The van der Waals surface area contributed by atoms with Crippen molar-refractivity contribution in [2.75, 3.05) is 7.11 Å². The lowest BCUT2D eigenvalue weighted by Crippen LogP contribution is -2.12. The number of carbonyl (C=O) groups is 1. The van der Waals surface area contributed by atoms with Crippen molar-refractivity contribution in [1.82, 2.24) is 0 Å². The summed E-state index contributed by atoms with van der Waals surface area (Å²) in [5.74, 6) is -0.596. The highest BCUT2D eigenvalue weighted by atomic mass is 16.6. The summed E-state index contributed by atoms with van der Waals surface area (Å²) in [6.45, 7) is 0.207. The fourth-order valence-corrected chi connectivity index (χ4v) is 2.16. The van der Waals surface area contributed by atoms with E-state index in [1.165, 1.54) is 19.2 Å². The molecule has 0 aliphatic rings. The molecule has 0 bridgehead atoms. The van der Waals surface area contributed by atoms with Crippen LogP contribution in [-0.4, -0.2) is 17.9 Å². The number of rotatable bonds is 7. The Balaban J connectivity index is 2.47. The van der Waals surface area contributed by atoms with Crippen molar-refractivity contribution in [2.24, 2.45) is 5.73 Å². The molecule has 0 aliphatic carbocycles. The number of amides is 1. The molecule has 0 atom stereocenters. The molecule has 0 unspecified atom stereocenters. The van der Waals surface area contributed by atoms with E-state index in [0.717, 1.165) is 11.6 Å². The maximum Gasteiger partial charge on any atom is 0.280 e. The summed E-state index contributed by atoms with van der Waals surface area (Å²) in [5, 5.41) is 20.3. The summed E-state index contributed by atoms with van der Waals surface area (Å²) in [4.78, 5) is 21.9. The molecule has 0 aliphatic heterocycles. The van der Waals surface area contributed by atoms with Gasteiger partial charge in [0.2, 0.25) is 0 Å². The van der Waals surface area contributed by atoms with Crippen LogP contribution in [0.3, 0.4) is 0 Å². The molecular weight excluding hydrogens is 338 g/mol. The average molecular weight is 353 g/mol. The SMILES string of the molecule is COc1cc([N+](=O)[O-])c(C=C(C#N)C(N)=O)cc1OCc1ccccc1. The molecule has 0 radical (unpaired) electrons. The van der Waals surface area contributed by atoms with E-state index in [1.807, 2.05) is 30.3 Å². The molecule has 0 heterocycles. The van der Waals surface area contributed by atoms with Gasteiger partial charge in [0.1, 0.15) is 18.2 Å². The van der Waals surface area contributed by atoms with E-state index in [9.17, 15) is 14.9 Å². The molecule has 1 amide bonds. The van der Waals surface area contributed by atoms with Crippen molar-refractivity contribution in [1.29, 1.82) is 5.26 Å². The number of hydrogen-bond donors (Lipinski definition) is 1. The minimum absolute atomic E-state index is 0.00853. The lowest BCUT2D eigenvalue weighted by Gasteiger charge is -2.12. The van der Waals surface area contributed by atoms with Crippen LogP contribution in [0.2, 0.25) is 0 Å². The van der Waals surface area contributed by atoms with Crippen LogP contribution < -0.4 is 15.2 Å². The van der Waals surface area contributed by atoms with Gasteiger partial charge in [0.25, 0.3) is 11.6 Å². The first-order chi connectivity index (χ1) is 12.5. The van der Waals surface area contributed by atoms with E-state index in [0.29, 0.717) is 0 Å². The van der Waals surface area contributed by atoms with E-state index in [2.05, 4.69) is 0 Å². The monoisotopic (exact) mass is 353 g/mol. The van der Waals surface area contributed by atoms with Gasteiger partial charge in [0.15, 0.2) is 11.5 Å². The van der Waals surface area contributed by atoms with E-state index >= 15 is 0 Å². The lowest BCUT2D eigenvalue weighted by atomic mass is 10.1. The van der Waals surface area contributed by atoms with Gasteiger partial charge in [-0.05, 0) is 17.7 Å². The van der Waals surface area contributed by atoms with Crippen LogP contribution in [-0.2, 0) is 11.4 Å². The fourth-order valence-electron chi connectivity index (χ4n) is 2.16. The second kappa shape index (κ2) is 8.30. The third kappa shape index (κ3) is 4.36. The highest BCUT2D eigenvalue weighted by Gasteiger charge is 2.20. The second-order valence-electron chi connectivity index (χ2n) is 5.13. The summed E-state index contributed by atoms with van der Waals surface area (Å²) < 4.78 is 10.8. The number of methoxy groups -OCH3 is 1. The summed E-state index contributed by atoms with van der Waals surface area (Å²) in [5.41, 5.74) is 5.24. The molecular formula is C18H15N3O5. The molecule has 132 valence electrons. The number of nitriles is 1. The lowest BCUT2D eigenvalue weighted by molar-refractivity contribution is -0.385. The molecule has 2 rings (SSSR count). The Hall–Kier alpha value is -3.86. The Morgan fingerprint density at radius 1 is 1.31 bits per heavy atom. The van der Waals surface area contributed by atoms with Crippen LogP contribution in [0.15, 0.2) is 48.0 Å². The quantitative estimate of drug-likeness (QED) is 0.352. The van der Waals surface area contributed by atoms with Gasteiger partial charge in [-0.25, -0.2) is 0 Å². The predicted octanol–water partition coefficient (Wildman–Crippen LogP) is 2.57. The van der Waals surface area contributed by atoms with Crippen LogP contribution >= 0.6 is 0 Å². The van der Waals surface area contributed by atoms with Crippen molar-refractivity contribution < 1.29 is 19.2 Å². The smallest absolute Gasteiger partial charge is 0.280 e. The first-order valence-electron chi connectivity index (χ1n) is 7.41. The topological polar surface area (TPSA) is 128 Å². The first-order valence-corrected chi connectivity index (χ1v) is 7.41. The molecule has 0 fully saturated rings. The third-order valence-corrected chi connectivity index (χ3v) is 3.43. The molecule has 0 aromatic heterocycles. The number of hydrogen-bond acceptors (Lipinski definition) is 6. The Morgan fingerprint density at radius 3 is 2.54 bits per heavy atom. The van der Waals surface area contributed by atoms with Crippen molar-refractivity contribution in [3.63, 3.8) is 0 Å². The van der Waals surface area contributed by atoms with E-state index in [-0.39, 0.29) is 29.4 Å². The van der Waals surface area contributed by atoms with Crippen LogP contribution in [0.4, 0.5) is 5.69 Å². The van der Waals surface area contributed by atoms with Crippen LogP contribution in [0, 0.1) is 21.4 Å². The number of ether oxygens (including phenoxy) is 2. The molecule has 0 saturated carbocycles. The zero-order chi connectivity index (χ0) is 19.1. The van der Waals surface area contributed by atoms with Gasteiger partial charge in [-0.1, -0.05) is 30.3 Å². The molecule has 2 N–H and O–H groups in total. The van der Waals surface area contributed by atoms with E-state index < -0.39 is 16.4 Å². The van der Waals surface area contributed by atoms with Gasteiger partial charge in [0.05, 0.1) is 23.7 Å². The predicted molar refractivity (Wildman–Crippen MR) is 93.2 cm³/mol. The van der Waals surface area contributed by atoms with Crippen LogP contribution in [0.25, 0.3) is 6.08 Å². The van der Waals surface area contributed by atoms with Gasteiger partial charge >= 0.3 is 0 Å². The number of benzene rings is 2. The highest BCUT2D eigenvalue weighted by Crippen LogP contribution is 2.36. The maximum atomic E-state index is 11.3. The minimum atomic E-state index is -0.982. The van der Waals surface area contributed by atoms with Gasteiger partial charge in [0, 0.05) is 0 Å². The van der Waals surface area contributed by atoms with Crippen molar-refractivity contribution in [3.8, 4) is 17.6 Å². The maximum absolute atomic E-state index is 11.3. The zero-order valence-electron chi connectivity index (χ0n) is 13.8. The molecule has 8 heteroatoms. The molecule has 26 heavy (non-hydrogen) atoms. The van der Waals surface area contributed by atoms with Gasteiger partial charge in [-0.15, -0.1) is 0 Å². The molecule has 0 spiro atoms. The summed E-state index contributed by atoms with van der Waals surface area (Å²) in [6, 6.07) is 13.4. The number of nitro benzene ring substituents is 1. The largest absolute Gasteiger partial charge is 0.493 e. The first kappa shape index (κ1) is 18.5. The normalized spacial score (nSPS) is 10.7. The number of nitro groups is 1. The number of nitrogens with two attached hydrogens (primary N) is 1. The molecule has 2 aromatic rings. The fraction of sp³-hybridized carbons (Fsp3) is 0.111. The van der Waals surface area contributed by atoms with Crippen LogP contribution in [0.1, 0.15) is 11.1 Å². The van der Waals surface area contributed by atoms with Crippen LogP contribution in [0.5, 0.6) is 11.5 Å². The molecule has 2 aromatic carbocycles. The summed E-state index contributed by atoms with van der Waals surface area (Å²) in [7, 11) is 1.36. The Morgan fingerprint density at radius 2 is 2.00 bits per heavy atom. The minimum Gasteiger partial charge on any atom is -0.493 e. The van der Waals surface area contributed by atoms with Crippen molar-refractivity contribution in [2.45, 2.75) is 6.61 Å². The van der Waals surface area contributed by atoms with E-state index in [1.54, 1.807) is 6.07 Å². The summed E-state index contributed by atoms with van der Waals surface area (Å²) >= 11 is 0. The standard InChI is InChI=1S/C18H15N3O5/c1-25-16-9-15(21(23)24)13(7-14(10-19)18(20)22)8-17(16)26-11-12-5-3-2-4-6-12/h2-9H,11H2,1H3,(H2,20,22). The van der Waals surface area contributed by atoms with Gasteiger partial charge < -0.3 is 15.2 Å². The Labute approximate surface area is 149 Å². The van der Waals surface area contributed by atoms with Crippen molar-refractivity contribution >= 4 is 17.7 Å². The third-order valence-electron chi connectivity index (χ3n) is 3.43. The van der Waals surface area contributed by atoms with E-state index in [4.69, 9.17) is 20.5 Å². The molecule has 0 saturated heterocycles. The van der Waals surface area contributed by atoms with Crippen molar-refractivity contribution in [3.05, 3.63) is 69.3 Å². The number of primary amides is 1. The zero-order valence-corrected chi connectivity index (χ0v) is 13.8. The highest BCUT2D eigenvalue weighted by molar-refractivity contribution is 6.01. The Bertz CT molecular complexity index is 901. The van der Waals surface area contributed by atoms with Gasteiger partial charge in [-0.2, -0.15) is 5.26 Å². The second-order valence-corrected chi connectivity index (χ2v) is 5.13. The van der Waals surface area contributed by atoms with Gasteiger partial charge in [-0.3, -0.25) is 14.9 Å². The number of nitrogens with zero attached hydrogens (tertiary/aromatic N) is 2.